The predicted molar refractivity (Wildman–Crippen MR) is 76.8 cm³/mol. The van der Waals surface area contributed by atoms with E-state index in [4.69, 9.17) is 5.73 Å². The Morgan fingerprint density at radius 2 is 1.79 bits per heavy atom. The molecule has 0 bridgehead atoms. The van der Waals surface area contributed by atoms with E-state index in [0.717, 1.165) is 29.7 Å². The lowest BCUT2D eigenvalue weighted by Gasteiger charge is -2.23. The van der Waals surface area contributed by atoms with Crippen molar-refractivity contribution < 1.29 is 4.39 Å². The zero-order chi connectivity index (χ0) is 13.2. The van der Waals surface area contributed by atoms with Crippen LogP contribution in [0.2, 0.25) is 0 Å². The maximum absolute atomic E-state index is 13.6. The van der Waals surface area contributed by atoms with Gasteiger partial charge in [-0.15, -0.1) is 0 Å². The number of anilines is 2. The van der Waals surface area contributed by atoms with Crippen molar-refractivity contribution in [2.24, 2.45) is 0 Å². The Labute approximate surface area is 112 Å². The van der Waals surface area contributed by atoms with Crippen molar-refractivity contribution in [3.63, 3.8) is 0 Å². The van der Waals surface area contributed by atoms with E-state index >= 15 is 0 Å². The molecule has 2 heterocycles. The molecule has 1 aliphatic rings. The highest BCUT2D eigenvalue weighted by molar-refractivity contribution is 5.99. The van der Waals surface area contributed by atoms with E-state index in [-0.39, 0.29) is 5.82 Å². The number of rotatable bonds is 1. The van der Waals surface area contributed by atoms with E-state index in [1.54, 1.807) is 12.3 Å². The number of fused-ring (bicyclic) bond motifs is 1. The molecular weight excluding hydrogens is 241 g/mol. The van der Waals surface area contributed by atoms with Crippen molar-refractivity contribution in [3.05, 3.63) is 30.2 Å². The van der Waals surface area contributed by atoms with E-state index in [1.807, 2.05) is 6.07 Å². The molecular formula is C15H18FN3. The molecule has 4 heteroatoms. The van der Waals surface area contributed by atoms with Gasteiger partial charge in [-0.25, -0.2) is 9.37 Å². The van der Waals surface area contributed by atoms with Crippen LogP contribution in [0.1, 0.15) is 25.7 Å². The number of nitrogens with two attached hydrogens (primary N) is 1. The minimum Gasteiger partial charge on any atom is -0.398 e. The summed E-state index contributed by atoms with van der Waals surface area (Å²) in [5, 5.41) is 1.71. The van der Waals surface area contributed by atoms with E-state index in [2.05, 4.69) is 9.88 Å². The molecule has 19 heavy (non-hydrogen) atoms. The van der Waals surface area contributed by atoms with E-state index < -0.39 is 0 Å². The minimum absolute atomic E-state index is 0.297. The van der Waals surface area contributed by atoms with Gasteiger partial charge < -0.3 is 10.6 Å². The molecule has 0 spiro atoms. The lowest BCUT2D eigenvalue weighted by molar-refractivity contribution is 0.630. The van der Waals surface area contributed by atoms with E-state index in [9.17, 15) is 4.39 Å². The van der Waals surface area contributed by atoms with Crippen LogP contribution in [0, 0.1) is 5.82 Å². The lowest BCUT2D eigenvalue weighted by Crippen LogP contribution is -2.25. The molecule has 1 aliphatic heterocycles. The summed E-state index contributed by atoms with van der Waals surface area (Å²) in [6.07, 6.45) is 6.62. The van der Waals surface area contributed by atoms with Crippen LogP contribution in [0.3, 0.4) is 0 Å². The van der Waals surface area contributed by atoms with Crippen molar-refractivity contribution in [2.75, 3.05) is 23.7 Å². The first-order chi connectivity index (χ1) is 9.25. The van der Waals surface area contributed by atoms with Gasteiger partial charge in [0.15, 0.2) is 0 Å². The number of pyridine rings is 1. The van der Waals surface area contributed by atoms with Crippen LogP contribution in [-0.2, 0) is 0 Å². The summed E-state index contributed by atoms with van der Waals surface area (Å²) in [5.41, 5.74) is 6.38. The Kier molecular flexibility index (Phi) is 3.23. The van der Waals surface area contributed by atoms with Gasteiger partial charge in [0.25, 0.3) is 0 Å². The Balaban J connectivity index is 2.12. The third-order valence-electron chi connectivity index (χ3n) is 3.76. The van der Waals surface area contributed by atoms with Crippen molar-refractivity contribution >= 4 is 22.3 Å². The second-order valence-electron chi connectivity index (χ2n) is 5.13. The smallest absolute Gasteiger partial charge is 0.136 e. The maximum atomic E-state index is 13.6. The second kappa shape index (κ2) is 5.03. The van der Waals surface area contributed by atoms with Gasteiger partial charge in [0.2, 0.25) is 0 Å². The number of halogens is 1. The van der Waals surface area contributed by atoms with Gasteiger partial charge >= 0.3 is 0 Å². The molecule has 2 aromatic rings. The van der Waals surface area contributed by atoms with Crippen molar-refractivity contribution in [1.29, 1.82) is 0 Å². The van der Waals surface area contributed by atoms with Gasteiger partial charge in [-0.1, -0.05) is 12.8 Å². The molecule has 0 aliphatic carbocycles. The number of nitrogen functional groups attached to an aromatic ring is 1. The number of aromatic nitrogens is 1. The standard InChI is InChI=1S/C15H18FN3/c16-11-9-13-12(14(17)10-11)5-6-18-15(13)19-7-3-1-2-4-8-19/h5-6,9-10H,1-4,7-8,17H2. The highest BCUT2D eigenvalue weighted by Crippen LogP contribution is 2.30. The summed E-state index contributed by atoms with van der Waals surface area (Å²) in [7, 11) is 0. The van der Waals surface area contributed by atoms with Crippen LogP contribution >= 0.6 is 0 Å². The average Bonchev–Trinajstić information content (AvgIpc) is 2.67. The number of hydrogen-bond donors (Lipinski definition) is 1. The normalized spacial score (nSPS) is 16.6. The Morgan fingerprint density at radius 1 is 1.05 bits per heavy atom. The summed E-state index contributed by atoms with van der Waals surface area (Å²) < 4.78 is 13.6. The fraction of sp³-hybridized carbons (Fsp3) is 0.400. The Hall–Kier alpha value is -1.84. The molecule has 0 amide bonds. The van der Waals surface area contributed by atoms with Crippen molar-refractivity contribution in [3.8, 4) is 0 Å². The van der Waals surface area contributed by atoms with Crippen LogP contribution in [0.25, 0.3) is 10.8 Å². The molecule has 1 aromatic heterocycles. The molecule has 0 radical (unpaired) electrons. The fourth-order valence-electron chi connectivity index (χ4n) is 2.80. The molecule has 0 unspecified atom stereocenters. The third-order valence-corrected chi connectivity index (χ3v) is 3.76. The predicted octanol–water partition coefficient (Wildman–Crippen LogP) is 3.34. The summed E-state index contributed by atoms with van der Waals surface area (Å²) in [6, 6.07) is 4.76. The molecule has 3 nitrogen and oxygen atoms in total. The topological polar surface area (TPSA) is 42.1 Å². The molecule has 1 fully saturated rings. The van der Waals surface area contributed by atoms with Crippen LogP contribution in [0.15, 0.2) is 24.4 Å². The average molecular weight is 259 g/mol. The largest absolute Gasteiger partial charge is 0.398 e. The number of nitrogens with zero attached hydrogens (tertiary/aromatic N) is 2. The molecule has 3 rings (SSSR count). The van der Waals surface area contributed by atoms with Crippen LogP contribution in [0.5, 0.6) is 0 Å². The molecule has 0 saturated carbocycles. The summed E-state index contributed by atoms with van der Waals surface area (Å²) in [6.45, 7) is 1.98. The Bertz CT molecular complexity index is 589. The van der Waals surface area contributed by atoms with E-state index in [0.29, 0.717) is 5.69 Å². The summed E-state index contributed by atoms with van der Waals surface area (Å²) >= 11 is 0. The molecule has 1 saturated heterocycles. The maximum Gasteiger partial charge on any atom is 0.136 e. The van der Waals surface area contributed by atoms with Gasteiger partial charge in [-0.3, -0.25) is 0 Å². The number of hydrogen-bond acceptors (Lipinski definition) is 3. The van der Waals surface area contributed by atoms with Gasteiger partial charge in [0, 0.05) is 35.7 Å². The quantitative estimate of drug-likeness (QED) is 0.799. The summed E-state index contributed by atoms with van der Waals surface area (Å²) in [4.78, 5) is 6.72. The number of benzene rings is 1. The highest BCUT2D eigenvalue weighted by atomic mass is 19.1. The first-order valence-electron chi connectivity index (χ1n) is 6.84. The molecule has 0 atom stereocenters. The van der Waals surface area contributed by atoms with Gasteiger partial charge in [-0.2, -0.15) is 0 Å². The second-order valence-corrected chi connectivity index (χ2v) is 5.13. The highest BCUT2D eigenvalue weighted by Gasteiger charge is 2.15. The van der Waals surface area contributed by atoms with Crippen LogP contribution in [0.4, 0.5) is 15.9 Å². The Morgan fingerprint density at radius 3 is 2.53 bits per heavy atom. The van der Waals surface area contributed by atoms with Crippen LogP contribution in [-0.4, -0.2) is 18.1 Å². The van der Waals surface area contributed by atoms with Gasteiger partial charge in [0.05, 0.1) is 0 Å². The molecule has 1 aromatic carbocycles. The SMILES string of the molecule is Nc1cc(F)cc2c(N3CCCCCC3)nccc12. The van der Waals surface area contributed by atoms with Crippen molar-refractivity contribution in [2.45, 2.75) is 25.7 Å². The fourth-order valence-corrected chi connectivity index (χ4v) is 2.80. The summed E-state index contributed by atoms with van der Waals surface area (Å²) in [5.74, 6) is 0.569. The van der Waals surface area contributed by atoms with E-state index in [1.165, 1.54) is 31.7 Å². The van der Waals surface area contributed by atoms with Gasteiger partial charge in [0.1, 0.15) is 11.6 Å². The monoisotopic (exact) mass is 259 g/mol. The first kappa shape index (κ1) is 12.2. The molecule has 2 N–H and O–H groups in total. The van der Waals surface area contributed by atoms with Crippen molar-refractivity contribution in [1.82, 2.24) is 4.98 Å². The zero-order valence-corrected chi connectivity index (χ0v) is 10.9. The van der Waals surface area contributed by atoms with Gasteiger partial charge in [-0.05, 0) is 31.0 Å². The minimum atomic E-state index is -0.297. The third kappa shape index (κ3) is 2.35. The van der Waals surface area contributed by atoms with Crippen LogP contribution < -0.4 is 10.6 Å². The lowest BCUT2D eigenvalue weighted by atomic mass is 10.1. The zero-order valence-electron chi connectivity index (χ0n) is 10.9. The first-order valence-corrected chi connectivity index (χ1v) is 6.84. The molecule has 100 valence electrons.